The third-order valence-corrected chi connectivity index (χ3v) is 3.14. The summed E-state index contributed by atoms with van der Waals surface area (Å²) in [5.74, 6) is 0.264. The largest absolute Gasteiger partial charge is 0.388 e. The van der Waals surface area contributed by atoms with E-state index in [4.69, 9.17) is 10.5 Å². The summed E-state index contributed by atoms with van der Waals surface area (Å²) in [5.41, 5.74) is 6.59. The molecule has 1 aliphatic rings. The van der Waals surface area contributed by atoms with Gasteiger partial charge in [0.1, 0.15) is 24.1 Å². The number of aliphatic hydroxyl groups is 2. The summed E-state index contributed by atoms with van der Waals surface area (Å²) < 4.78 is 7.05. The van der Waals surface area contributed by atoms with Gasteiger partial charge in [-0.3, -0.25) is 4.57 Å². The van der Waals surface area contributed by atoms with E-state index in [9.17, 15) is 10.2 Å². The lowest BCUT2D eigenvalue weighted by atomic mass is 10.1. The van der Waals surface area contributed by atoms with Crippen LogP contribution >= 0.6 is 0 Å². The van der Waals surface area contributed by atoms with Crippen LogP contribution in [0, 0.1) is 0 Å². The number of anilines is 1. The third kappa shape index (κ3) is 1.47. The Kier molecular flexibility index (Phi) is 2.44. The number of ether oxygens (including phenoxy) is 1. The Labute approximate surface area is 102 Å². The average Bonchev–Trinajstić information content (AvgIpc) is 2.88. The molecule has 1 saturated heterocycles. The first-order chi connectivity index (χ1) is 8.59. The molecule has 0 aromatic carbocycles. The van der Waals surface area contributed by atoms with Crippen molar-refractivity contribution in [1.82, 2.24) is 19.5 Å². The molecule has 0 bridgehead atoms. The van der Waals surface area contributed by atoms with Gasteiger partial charge in [0.25, 0.3) is 0 Å². The molecule has 3 rings (SSSR count). The summed E-state index contributed by atoms with van der Waals surface area (Å²) in [5, 5.41) is 19.6. The fourth-order valence-electron chi connectivity index (χ4n) is 2.11. The van der Waals surface area contributed by atoms with Gasteiger partial charge in [-0.15, -0.1) is 0 Å². The summed E-state index contributed by atoms with van der Waals surface area (Å²) in [7, 11) is 0. The molecule has 0 saturated carbocycles. The van der Waals surface area contributed by atoms with E-state index in [1.807, 2.05) is 0 Å². The van der Waals surface area contributed by atoms with E-state index < -0.39 is 24.5 Å². The van der Waals surface area contributed by atoms with Crippen molar-refractivity contribution in [3.05, 3.63) is 12.7 Å². The molecular weight excluding hydrogens is 238 g/mol. The molecule has 8 nitrogen and oxygen atoms in total. The van der Waals surface area contributed by atoms with Crippen LogP contribution in [-0.2, 0) is 4.74 Å². The van der Waals surface area contributed by atoms with E-state index in [1.165, 1.54) is 12.7 Å². The highest BCUT2D eigenvalue weighted by atomic mass is 16.6. The van der Waals surface area contributed by atoms with Crippen molar-refractivity contribution in [2.45, 2.75) is 31.5 Å². The molecule has 0 spiro atoms. The lowest BCUT2D eigenvalue weighted by Gasteiger charge is -2.16. The zero-order chi connectivity index (χ0) is 12.9. The minimum Gasteiger partial charge on any atom is -0.388 e. The van der Waals surface area contributed by atoms with E-state index >= 15 is 0 Å². The molecule has 1 aliphatic heterocycles. The van der Waals surface area contributed by atoms with Gasteiger partial charge in [0.05, 0.1) is 12.4 Å². The number of rotatable bonds is 1. The predicted molar refractivity (Wildman–Crippen MR) is 61.3 cm³/mol. The molecule has 1 fully saturated rings. The normalized spacial score (nSPS) is 32.2. The van der Waals surface area contributed by atoms with Gasteiger partial charge in [0.2, 0.25) is 0 Å². The number of imidazole rings is 1. The maximum atomic E-state index is 9.93. The molecule has 0 radical (unpaired) electrons. The standard InChI is InChI=1S/C10H13N5O3/c1-4-6(16)7(17)10(18-4)15-3-14-5-8(11)12-2-13-9(5)15/h2-4,6-7,10,16-17H,1H3,(H2,11,12,13)/t4-,6-,7+,10+/m1/s1. The summed E-state index contributed by atoms with van der Waals surface area (Å²) in [4.78, 5) is 12.0. The first kappa shape index (κ1) is 11.3. The smallest absolute Gasteiger partial charge is 0.167 e. The fourth-order valence-corrected chi connectivity index (χ4v) is 2.11. The molecule has 2 aromatic heterocycles. The van der Waals surface area contributed by atoms with E-state index in [2.05, 4.69) is 15.0 Å². The van der Waals surface area contributed by atoms with Crippen molar-refractivity contribution >= 4 is 17.0 Å². The quantitative estimate of drug-likeness (QED) is 0.597. The Morgan fingerprint density at radius 3 is 2.72 bits per heavy atom. The number of aromatic nitrogens is 4. The Balaban J connectivity index is 2.08. The molecule has 96 valence electrons. The van der Waals surface area contributed by atoms with Crippen LogP contribution in [0.2, 0.25) is 0 Å². The topological polar surface area (TPSA) is 119 Å². The molecule has 4 atom stereocenters. The molecule has 0 unspecified atom stereocenters. The van der Waals surface area contributed by atoms with Gasteiger partial charge in [0.15, 0.2) is 17.7 Å². The summed E-state index contributed by atoms with van der Waals surface area (Å²) in [6, 6.07) is 0. The number of fused-ring (bicyclic) bond motifs is 1. The number of nitrogens with zero attached hydrogens (tertiary/aromatic N) is 4. The van der Waals surface area contributed by atoms with Gasteiger partial charge >= 0.3 is 0 Å². The second-order valence-electron chi connectivity index (χ2n) is 4.30. The van der Waals surface area contributed by atoms with Gasteiger partial charge in [0, 0.05) is 0 Å². The first-order valence-electron chi connectivity index (χ1n) is 5.54. The Morgan fingerprint density at radius 2 is 2.06 bits per heavy atom. The van der Waals surface area contributed by atoms with Gasteiger partial charge in [-0.1, -0.05) is 0 Å². The van der Waals surface area contributed by atoms with Crippen molar-refractivity contribution in [1.29, 1.82) is 0 Å². The molecule has 8 heteroatoms. The van der Waals surface area contributed by atoms with Crippen LogP contribution < -0.4 is 5.73 Å². The highest BCUT2D eigenvalue weighted by molar-refractivity contribution is 5.81. The van der Waals surface area contributed by atoms with Crippen molar-refractivity contribution in [3.8, 4) is 0 Å². The van der Waals surface area contributed by atoms with Crippen molar-refractivity contribution in [3.63, 3.8) is 0 Å². The highest BCUT2D eigenvalue weighted by Crippen LogP contribution is 2.31. The molecule has 2 aromatic rings. The van der Waals surface area contributed by atoms with Gasteiger partial charge in [-0.2, -0.15) is 0 Å². The van der Waals surface area contributed by atoms with Crippen LogP contribution in [0.5, 0.6) is 0 Å². The molecule has 4 N–H and O–H groups in total. The van der Waals surface area contributed by atoms with Crippen LogP contribution in [0.15, 0.2) is 12.7 Å². The van der Waals surface area contributed by atoms with Crippen molar-refractivity contribution in [2.24, 2.45) is 0 Å². The Bertz CT molecular complexity index is 586. The summed E-state index contributed by atoms with van der Waals surface area (Å²) in [6.07, 6.45) is -0.373. The zero-order valence-electron chi connectivity index (χ0n) is 9.63. The maximum absolute atomic E-state index is 9.93. The van der Waals surface area contributed by atoms with Crippen LogP contribution in [-0.4, -0.2) is 48.0 Å². The molecule has 3 heterocycles. The van der Waals surface area contributed by atoms with Crippen LogP contribution in [0.3, 0.4) is 0 Å². The zero-order valence-corrected chi connectivity index (χ0v) is 9.63. The monoisotopic (exact) mass is 251 g/mol. The second kappa shape index (κ2) is 3.87. The SMILES string of the molecule is C[C@H]1O[C@H](n2cnc3c(N)ncnc32)[C@@H](O)[C@@H]1O. The molecular formula is C10H13N5O3. The van der Waals surface area contributed by atoms with E-state index in [-0.39, 0.29) is 5.82 Å². The minimum atomic E-state index is -1.03. The highest BCUT2D eigenvalue weighted by Gasteiger charge is 2.41. The molecule has 0 amide bonds. The minimum absolute atomic E-state index is 0.264. The van der Waals surface area contributed by atoms with Crippen LogP contribution in [0.4, 0.5) is 5.82 Å². The summed E-state index contributed by atoms with van der Waals surface area (Å²) >= 11 is 0. The van der Waals surface area contributed by atoms with Gasteiger partial charge < -0.3 is 20.7 Å². The Hall–Kier alpha value is -1.77. The van der Waals surface area contributed by atoms with Crippen LogP contribution in [0.25, 0.3) is 11.2 Å². The number of aliphatic hydroxyl groups excluding tert-OH is 2. The number of hydrogen-bond donors (Lipinski definition) is 3. The molecule has 18 heavy (non-hydrogen) atoms. The Morgan fingerprint density at radius 1 is 1.28 bits per heavy atom. The van der Waals surface area contributed by atoms with Crippen molar-refractivity contribution < 1.29 is 14.9 Å². The fraction of sp³-hybridized carbons (Fsp3) is 0.500. The first-order valence-corrected chi connectivity index (χ1v) is 5.54. The average molecular weight is 251 g/mol. The number of hydrogen-bond acceptors (Lipinski definition) is 7. The van der Waals surface area contributed by atoms with E-state index in [1.54, 1.807) is 11.5 Å². The lowest BCUT2D eigenvalue weighted by molar-refractivity contribution is -0.0299. The van der Waals surface area contributed by atoms with Gasteiger partial charge in [-0.05, 0) is 6.92 Å². The lowest BCUT2D eigenvalue weighted by Crippen LogP contribution is -2.30. The summed E-state index contributed by atoms with van der Waals surface area (Å²) in [6.45, 7) is 1.69. The number of nitrogen functional groups attached to an aromatic ring is 1. The van der Waals surface area contributed by atoms with Gasteiger partial charge in [-0.25, -0.2) is 15.0 Å². The second-order valence-corrected chi connectivity index (χ2v) is 4.30. The van der Waals surface area contributed by atoms with E-state index in [0.29, 0.717) is 11.2 Å². The third-order valence-electron chi connectivity index (χ3n) is 3.14. The van der Waals surface area contributed by atoms with E-state index in [0.717, 1.165) is 0 Å². The predicted octanol–water partition coefficient (Wildman–Crippen LogP) is -0.952. The van der Waals surface area contributed by atoms with Crippen LogP contribution in [0.1, 0.15) is 13.2 Å². The maximum Gasteiger partial charge on any atom is 0.167 e. The molecule has 0 aliphatic carbocycles. The van der Waals surface area contributed by atoms with Crippen molar-refractivity contribution in [2.75, 3.05) is 5.73 Å². The number of nitrogens with two attached hydrogens (primary N) is 1.